The molecule has 0 spiro atoms. The number of rotatable bonds is 4. The standard InChI is InChI=1S/C28H29F3O3/c1-26(2)10-11-27(3,4)23-15-20-19(14-22(23)26)12-18(13-21(20)24(34-5)28(29,30)31)16-6-8-17(9-7-16)25(32)33/h6-9,12-15,24H,10-11H2,1-5H3,(H,32,33). The van der Waals surface area contributed by atoms with E-state index in [0.29, 0.717) is 21.9 Å². The predicted octanol–water partition coefficient (Wildman–Crippen LogP) is 7.80. The van der Waals surface area contributed by atoms with Crippen LogP contribution in [0.3, 0.4) is 0 Å². The van der Waals surface area contributed by atoms with Gasteiger partial charge in [0.05, 0.1) is 5.56 Å². The molecule has 3 nitrogen and oxygen atoms in total. The van der Waals surface area contributed by atoms with E-state index in [0.717, 1.165) is 31.1 Å². The van der Waals surface area contributed by atoms with Gasteiger partial charge in [0.25, 0.3) is 0 Å². The fourth-order valence-corrected chi connectivity index (χ4v) is 5.08. The predicted molar refractivity (Wildman–Crippen MR) is 127 cm³/mol. The van der Waals surface area contributed by atoms with Crippen LogP contribution >= 0.6 is 0 Å². The molecule has 0 radical (unpaired) electrons. The van der Waals surface area contributed by atoms with Gasteiger partial charge in [-0.15, -0.1) is 0 Å². The molecule has 1 aliphatic rings. The fourth-order valence-electron chi connectivity index (χ4n) is 5.08. The van der Waals surface area contributed by atoms with Crippen LogP contribution in [0.15, 0.2) is 48.5 Å². The van der Waals surface area contributed by atoms with E-state index in [-0.39, 0.29) is 22.0 Å². The lowest BCUT2D eigenvalue weighted by Crippen LogP contribution is -2.33. The van der Waals surface area contributed by atoms with Crippen LogP contribution in [0.25, 0.3) is 21.9 Å². The van der Waals surface area contributed by atoms with Gasteiger partial charge in [0.2, 0.25) is 0 Å². The summed E-state index contributed by atoms with van der Waals surface area (Å²) in [4.78, 5) is 11.2. The third-order valence-electron chi connectivity index (χ3n) is 7.24. The minimum atomic E-state index is -4.59. The first-order chi connectivity index (χ1) is 15.7. The summed E-state index contributed by atoms with van der Waals surface area (Å²) >= 11 is 0. The van der Waals surface area contributed by atoms with Gasteiger partial charge in [-0.1, -0.05) is 45.9 Å². The lowest BCUT2D eigenvalue weighted by Gasteiger charge is -2.42. The first-order valence-electron chi connectivity index (χ1n) is 11.3. The molecular formula is C28H29F3O3. The second-order valence-electron chi connectivity index (χ2n) is 10.5. The summed E-state index contributed by atoms with van der Waals surface area (Å²) in [7, 11) is 1.07. The molecule has 34 heavy (non-hydrogen) atoms. The van der Waals surface area contributed by atoms with E-state index in [1.165, 1.54) is 18.2 Å². The van der Waals surface area contributed by atoms with Gasteiger partial charge in [0.15, 0.2) is 6.10 Å². The Balaban J connectivity index is 2.04. The molecule has 0 aromatic heterocycles. The van der Waals surface area contributed by atoms with Crippen LogP contribution in [-0.2, 0) is 15.6 Å². The molecule has 0 fully saturated rings. The van der Waals surface area contributed by atoms with Crippen LogP contribution in [0.5, 0.6) is 0 Å². The zero-order chi connectivity index (χ0) is 25.1. The molecule has 1 N–H and O–H groups in total. The van der Waals surface area contributed by atoms with Crippen molar-refractivity contribution in [2.45, 2.75) is 63.6 Å². The Kier molecular flexibility index (Phi) is 5.80. The van der Waals surface area contributed by atoms with Crippen molar-refractivity contribution in [2.24, 2.45) is 0 Å². The van der Waals surface area contributed by atoms with E-state index < -0.39 is 18.2 Å². The Morgan fingerprint density at radius 3 is 1.97 bits per heavy atom. The number of carbonyl (C=O) groups is 1. The van der Waals surface area contributed by atoms with E-state index in [2.05, 4.69) is 27.7 Å². The quantitative estimate of drug-likeness (QED) is 0.423. The van der Waals surface area contributed by atoms with Crippen molar-refractivity contribution < 1.29 is 27.8 Å². The van der Waals surface area contributed by atoms with E-state index >= 15 is 0 Å². The second kappa shape index (κ2) is 8.12. The third-order valence-corrected chi connectivity index (χ3v) is 7.24. The molecule has 6 heteroatoms. The van der Waals surface area contributed by atoms with Crippen LogP contribution in [0.4, 0.5) is 13.2 Å². The number of ether oxygens (including phenoxy) is 1. The minimum Gasteiger partial charge on any atom is -0.478 e. The Morgan fingerprint density at radius 2 is 1.47 bits per heavy atom. The number of benzene rings is 3. The van der Waals surface area contributed by atoms with Gasteiger partial charge in [0, 0.05) is 7.11 Å². The SMILES string of the molecule is COC(c1cc(-c2ccc(C(=O)O)cc2)cc2cc3c(cc12)C(C)(C)CCC3(C)C)C(F)(F)F. The van der Waals surface area contributed by atoms with Crippen LogP contribution in [0.2, 0.25) is 0 Å². The molecule has 180 valence electrons. The minimum absolute atomic E-state index is 0.0618. The van der Waals surface area contributed by atoms with Crippen LogP contribution < -0.4 is 0 Å². The maximum absolute atomic E-state index is 14.0. The molecule has 0 bridgehead atoms. The normalized spacial score (nSPS) is 17.9. The molecule has 3 aromatic carbocycles. The lowest BCUT2D eigenvalue weighted by molar-refractivity contribution is -0.215. The van der Waals surface area contributed by atoms with Gasteiger partial charge < -0.3 is 9.84 Å². The summed E-state index contributed by atoms with van der Waals surface area (Å²) in [6.07, 6.45) is -4.72. The second-order valence-corrected chi connectivity index (χ2v) is 10.5. The third kappa shape index (κ3) is 4.20. The lowest BCUT2D eigenvalue weighted by atomic mass is 9.62. The van der Waals surface area contributed by atoms with Gasteiger partial charge >= 0.3 is 12.1 Å². The average molecular weight is 471 g/mol. The van der Waals surface area contributed by atoms with Gasteiger partial charge in [0.1, 0.15) is 0 Å². The summed E-state index contributed by atoms with van der Waals surface area (Å²) in [5.74, 6) is -1.06. The number of carboxylic acid groups (broad SMARTS) is 1. The number of hydrogen-bond donors (Lipinski definition) is 1. The Bertz CT molecular complexity index is 1250. The Morgan fingerprint density at radius 1 is 0.912 bits per heavy atom. The first kappa shape index (κ1) is 24.3. The van der Waals surface area contributed by atoms with Crippen molar-refractivity contribution in [1.82, 2.24) is 0 Å². The summed E-state index contributed by atoms with van der Waals surface area (Å²) in [5, 5.41) is 10.4. The number of fused-ring (bicyclic) bond motifs is 2. The molecule has 4 rings (SSSR count). The fraction of sp³-hybridized carbons (Fsp3) is 0.393. The average Bonchev–Trinajstić information content (AvgIpc) is 2.75. The molecule has 0 saturated carbocycles. The molecule has 1 atom stereocenters. The van der Waals surface area contributed by atoms with Gasteiger partial charge in [-0.2, -0.15) is 13.2 Å². The zero-order valence-electron chi connectivity index (χ0n) is 20.0. The molecule has 1 unspecified atom stereocenters. The molecule has 0 saturated heterocycles. The highest BCUT2D eigenvalue weighted by Crippen LogP contribution is 2.49. The van der Waals surface area contributed by atoms with Crippen molar-refractivity contribution in [3.63, 3.8) is 0 Å². The van der Waals surface area contributed by atoms with Crippen LogP contribution in [-0.4, -0.2) is 24.4 Å². The number of halogens is 3. The molecule has 0 aliphatic heterocycles. The molecule has 1 aliphatic carbocycles. The Labute approximate surface area is 197 Å². The molecule has 3 aromatic rings. The van der Waals surface area contributed by atoms with Crippen molar-refractivity contribution in [3.05, 3.63) is 70.8 Å². The van der Waals surface area contributed by atoms with Crippen molar-refractivity contribution in [3.8, 4) is 11.1 Å². The van der Waals surface area contributed by atoms with Crippen molar-refractivity contribution in [1.29, 1.82) is 0 Å². The smallest absolute Gasteiger partial charge is 0.418 e. The maximum atomic E-state index is 14.0. The molecular weight excluding hydrogens is 441 g/mol. The number of carboxylic acids is 1. The largest absolute Gasteiger partial charge is 0.478 e. The highest BCUT2D eigenvalue weighted by atomic mass is 19.4. The number of aromatic carboxylic acids is 1. The number of alkyl halides is 3. The van der Waals surface area contributed by atoms with Gasteiger partial charge in [-0.3, -0.25) is 0 Å². The van der Waals surface area contributed by atoms with Crippen LogP contribution in [0, 0.1) is 0 Å². The number of hydrogen-bond acceptors (Lipinski definition) is 2. The molecule has 0 heterocycles. The zero-order valence-corrected chi connectivity index (χ0v) is 20.0. The maximum Gasteiger partial charge on any atom is 0.418 e. The summed E-state index contributed by atoms with van der Waals surface area (Å²) in [5.41, 5.74) is 3.39. The molecule has 0 amide bonds. The highest BCUT2D eigenvalue weighted by Gasteiger charge is 2.43. The first-order valence-corrected chi connectivity index (χ1v) is 11.3. The van der Waals surface area contributed by atoms with Crippen molar-refractivity contribution in [2.75, 3.05) is 7.11 Å². The van der Waals surface area contributed by atoms with E-state index in [1.807, 2.05) is 18.2 Å². The summed E-state index contributed by atoms with van der Waals surface area (Å²) in [6.45, 7) is 8.64. The summed E-state index contributed by atoms with van der Waals surface area (Å²) in [6, 6.07) is 13.5. The monoisotopic (exact) mass is 470 g/mol. The highest BCUT2D eigenvalue weighted by molar-refractivity contribution is 5.93. The van der Waals surface area contributed by atoms with E-state index in [4.69, 9.17) is 4.74 Å². The topological polar surface area (TPSA) is 46.5 Å². The van der Waals surface area contributed by atoms with Gasteiger partial charge in [-0.25, -0.2) is 4.79 Å². The van der Waals surface area contributed by atoms with E-state index in [9.17, 15) is 23.1 Å². The van der Waals surface area contributed by atoms with E-state index in [1.54, 1.807) is 12.1 Å². The van der Waals surface area contributed by atoms with Gasteiger partial charge in [-0.05, 0) is 92.6 Å². The number of methoxy groups -OCH3 is 1. The Hall–Kier alpha value is -2.86. The summed E-state index contributed by atoms with van der Waals surface area (Å²) < 4.78 is 47.1. The van der Waals surface area contributed by atoms with Crippen molar-refractivity contribution >= 4 is 16.7 Å². The van der Waals surface area contributed by atoms with Crippen LogP contribution in [0.1, 0.15) is 73.7 Å².